The zero-order chi connectivity index (χ0) is 14.8. The summed E-state index contributed by atoms with van der Waals surface area (Å²) in [5.41, 5.74) is 0.587. The topological polar surface area (TPSA) is 70.6 Å². The Kier molecular flexibility index (Phi) is 4.57. The second-order valence-corrected chi connectivity index (χ2v) is 6.68. The van der Waals surface area contributed by atoms with Gasteiger partial charge >= 0.3 is 0 Å². The minimum Gasteiger partial charge on any atom is -0.488 e. The Morgan fingerprint density at radius 3 is 2.95 bits per heavy atom. The molecule has 110 valence electrons. The Morgan fingerprint density at radius 2 is 2.25 bits per heavy atom. The second-order valence-electron chi connectivity index (χ2n) is 5.69. The minimum absolute atomic E-state index is 0.00548. The molecule has 20 heavy (non-hydrogen) atoms. The molecule has 0 aliphatic carbocycles. The van der Waals surface area contributed by atoms with Gasteiger partial charge in [0.05, 0.1) is 16.3 Å². The van der Waals surface area contributed by atoms with Gasteiger partial charge in [-0.1, -0.05) is 6.07 Å². The summed E-state index contributed by atoms with van der Waals surface area (Å²) >= 11 is 1.45. The summed E-state index contributed by atoms with van der Waals surface area (Å²) in [6, 6.07) is 5.51. The number of aliphatic hydroxyl groups is 1. The number of nitrogens with one attached hydrogen (secondary N) is 2. The SMILES string of the molecule is CC(C)(C)NC(O)COc1cccc2c1SCC(=O)N2. The highest BCUT2D eigenvalue weighted by Crippen LogP contribution is 2.38. The maximum Gasteiger partial charge on any atom is 0.234 e. The maximum absolute atomic E-state index is 11.3. The van der Waals surface area contributed by atoms with Crippen LogP contribution in [0.2, 0.25) is 0 Å². The van der Waals surface area contributed by atoms with E-state index in [1.807, 2.05) is 39.0 Å². The fraction of sp³-hybridized carbons (Fsp3) is 0.500. The van der Waals surface area contributed by atoms with Crippen LogP contribution in [0, 0.1) is 0 Å². The van der Waals surface area contributed by atoms with E-state index in [2.05, 4.69) is 10.6 Å². The molecule has 1 unspecified atom stereocenters. The van der Waals surface area contributed by atoms with Crippen molar-refractivity contribution in [1.29, 1.82) is 0 Å². The molecule has 3 N–H and O–H groups in total. The van der Waals surface area contributed by atoms with Gasteiger partial charge in [-0.3, -0.25) is 10.1 Å². The van der Waals surface area contributed by atoms with Gasteiger partial charge in [0.15, 0.2) is 0 Å². The molecule has 6 heteroatoms. The summed E-state index contributed by atoms with van der Waals surface area (Å²) in [7, 11) is 0. The standard InChI is InChI=1S/C14H20N2O3S/c1-14(2,3)16-11(17)7-19-10-6-4-5-9-13(10)20-8-12(18)15-9/h4-6,11,16-17H,7-8H2,1-3H3,(H,15,18). The summed E-state index contributed by atoms with van der Waals surface area (Å²) in [4.78, 5) is 12.2. The monoisotopic (exact) mass is 296 g/mol. The van der Waals surface area contributed by atoms with Crippen LogP contribution in [0.3, 0.4) is 0 Å². The normalized spacial score (nSPS) is 16.3. The van der Waals surface area contributed by atoms with E-state index in [1.165, 1.54) is 11.8 Å². The van der Waals surface area contributed by atoms with Crippen molar-refractivity contribution < 1.29 is 14.6 Å². The quantitative estimate of drug-likeness (QED) is 0.739. The molecule has 2 rings (SSSR count). The number of carbonyl (C=O) groups excluding carboxylic acids is 1. The molecular weight excluding hydrogens is 276 g/mol. The molecule has 0 saturated heterocycles. The number of fused-ring (bicyclic) bond motifs is 1. The number of rotatable bonds is 4. The van der Waals surface area contributed by atoms with Crippen LogP contribution in [0.1, 0.15) is 20.8 Å². The third-order valence-corrected chi connectivity index (χ3v) is 3.71. The summed E-state index contributed by atoms with van der Waals surface area (Å²) < 4.78 is 5.66. The lowest BCUT2D eigenvalue weighted by Crippen LogP contribution is -2.46. The number of hydrogen-bond acceptors (Lipinski definition) is 5. The third-order valence-electron chi connectivity index (χ3n) is 2.60. The molecule has 1 aromatic rings. The van der Waals surface area contributed by atoms with Gasteiger partial charge in [-0.2, -0.15) is 0 Å². The first kappa shape index (κ1) is 15.2. The Morgan fingerprint density at radius 1 is 1.50 bits per heavy atom. The van der Waals surface area contributed by atoms with E-state index in [0.717, 1.165) is 10.6 Å². The van der Waals surface area contributed by atoms with Gasteiger partial charge in [0.1, 0.15) is 18.6 Å². The van der Waals surface area contributed by atoms with Gasteiger partial charge in [0, 0.05) is 5.54 Å². The summed E-state index contributed by atoms with van der Waals surface area (Å²) in [5, 5.41) is 15.7. The lowest BCUT2D eigenvalue weighted by Gasteiger charge is -2.26. The van der Waals surface area contributed by atoms with Crippen LogP contribution in [0.25, 0.3) is 0 Å². The minimum atomic E-state index is -0.742. The predicted molar refractivity (Wildman–Crippen MR) is 80.2 cm³/mol. The second kappa shape index (κ2) is 6.03. The number of benzene rings is 1. The lowest BCUT2D eigenvalue weighted by molar-refractivity contribution is -0.113. The number of aliphatic hydroxyl groups excluding tert-OH is 1. The van der Waals surface area contributed by atoms with E-state index in [9.17, 15) is 9.90 Å². The Hall–Kier alpha value is -1.24. The van der Waals surface area contributed by atoms with Crippen LogP contribution in [0.5, 0.6) is 5.75 Å². The number of thioether (sulfide) groups is 1. The summed E-state index contributed by atoms with van der Waals surface area (Å²) in [6.07, 6.45) is -0.742. The van der Waals surface area contributed by atoms with E-state index < -0.39 is 6.23 Å². The molecule has 1 aliphatic heterocycles. The van der Waals surface area contributed by atoms with Crippen molar-refractivity contribution in [2.75, 3.05) is 17.7 Å². The van der Waals surface area contributed by atoms with Gasteiger partial charge in [-0.05, 0) is 32.9 Å². The van der Waals surface area contributed by atoms with Crippen molar-refractivity contribution in [3.05, 3.63) is 18.2 Å². The highest BCUT2D eigenvalue weighted by Gasteiger charge is 2.20. The highest BCUT2D eigenvalue weighted by molar-refractivity contribution is 8.00. The Labute approximate surface area is 123 Å². The molecule has 1 amide bonds. The molecule has 1 atom stereocenters. The zero-order valence-electron chi connectivity index (χ0n) is 11.9. The number of hydrogen-bond donors (Lipinski definition) is 3. The van der Waals surface area contributed by atoms with Crippen LogP contribution < -0.4 is 15.4 Å². The van der Waals surface area contributed by atoms with Crippen LogP contribution in [0.4, 0.5) is 5.69 Å². The fourth-order valence-corrected chi connectivity index (χ4v) is 2.80. The van der Waals surface area contributed by atoms with Crippen molar-refractivity contribution in [2.45, 2.75) is 37.4 Å². The van der Waals surface area contributed by atoms with Crippen LogP contribution >= 0.6 is 11.8 Å². The van der Waals surface area contributed by atoms with Crippen molar-refractivity contribution in [2.24, 2.45) is 0 Å². The van der Waals surface area contributed by atoms with Gasteiger partial charge in [-0.25, -0.2) is 0 Å². The maximum atomic E-state index is 11.3. The molecule has 0 fully saturated rings. The molecule has 0 radical (unpaired) electrons. The third kappa shape index (κ3) is 4.13. The van der Waals surface area contributed by atoms with E-state index in [1.54, 1.807) is 0 Å². The van der Waals surface area contributed by atoms with Gasteiger partial charge in [-0.15, -0.1) is 11.8 Å². The van der Waals surface area contributed by atoms with E-state index in [0.29, 0.717) is 11.5 Å². The average molecular weight is 296 g/mol. The van der Waals surface area contributed by atoms with Gasteiger partial charge in [0.25, 0.3) is 0 Å². The molecule has 1 heterocycles. The molecule has 0 aromatic heterocycles. The van der Waals surface area contributed by atoms with Gasteiger partial charge in [0.2, 0.25) is 5.91 Å². The van der Waals surface area contributed by atoms with Crippen molar-refractivity contribution in [3.8, 4) is 5.75 Å². The summed E-state index contributed by atoms with van der Waals surface area (Å²) in [5.74, 6) is 1.06. The van der Waals surface area contributed by atoms with E-state index in [4.69, 9.17) is 4.74 Å². The molecule has 0 bridgehead atoms. The van der Waals surface area contributed by atoms with Crippen molar-refractivity contribution in [3.63, 3.8) is 0 Å². The van der Waals surface area contributed by atoms with Crippen LogP contribution in [0.15, 0.2) is 23.1 Å². The number of ether oxygens (including phenoxy) is 1. The lowest BCUT2D eigenvalue weighted by atomic mass is 10.1. The van der Waals surface area contributed by atoms with E-state index >= 15 is 0 Å². The highest BCUT2D eigenvalue weighted by atomic mass is 32.2. The van der Waals surface area contributed by atoms with Crippen LogP contribution in [-0.4, -0.2) is 35.1 Å². The molecule has 0 saturated carbocycles. The first-order valence-electron chi connectivity index (χ1n) is 6.49. The molecule has 5 nitrogen and oxygen atoms in total. The number of amides is 1. The van der Waals surface area contributed by atoms with Gasteiger partial charge < -0.3 is 15.2 Å². The molecular formula is C14H20N2O3S. The van der Waals surface area contributed by atoms with E-state index in [-0.39, 0.29) is 18.1 Å². The molecule has 0 spiro atoms. The Balaban J connectivity index is 2.00. The predicted octanol–water partition coefficient (Wildman–Crippen LogP) is 1.82. The smallest absolute Gasteiger partial charge is 0.234 e. The fourth-order valence-electron chi connectivity index (χ4n) is 1.91. The first-order valence-corrected chi connectivity index (χ1v) is 7.48. The zero-order valence-corrected chi connectivity index (χ0v) is 12.7. The summed E-state index contributed by atoms with van der Waals surface area (Å²) in [6.45, 7) is 6.09. The first-order chi connectivity index (χ1) is 9.35. The average Bonchev–Trinajstić information content (AvgIpc) is 2.33. The Bertz CT molecular complexity index is 500. The van der Waals surface area contributed by atoms with Crippen molar-refractivity contribution >= 4 is 23.4 Å². The number of anilines is 1. The largest absolute Gasteiger partial charge is 0.488 e. The van der Waals surface area contributed by atoms with Crippen molar-refractivity contribution in [1.82, 2.24) is 5.32 Å². The molecule has 1 aliphatic rings. The van der Waals surface area contributed by atoms with Crippen LogP contribution in [-0.2, 0) is 4.79 Å². The number of carbonyl (C=O) groups is 1. The molecule has 1 aromatic carbocycles.